The Kier molecular flexibility index (Phi) is 5.04. The van der Waals surface area contributed by atoms with Gasteiger partial charge in [-0.1, -0.05) is 35.0 Å². The Morgan fingerprint density at radius 1 is 1.32 bits per heavy atom. The van der Waals surface area contributed by atoms with Crippen LogP contribution in [0.4, 0.5) is 0 Å². The van der Waals surface area contributed by atoms with Gasteiger partial charge in [0, 0.05) is 17.1 Å². The van der Waals surface area contributed by atoms with E-state index in [1.54, 1.807) is 0 Å². The molecule has 2 rings (SSSR count). The van der Waals surface area contributed by atoms with Crippen molar-refractivity contribution >= 4 is 15.9 Å². The van der Waals surface area contributed by atoms with Gasteiger partial charge in [0.2, 0.25) is 0 Å². The third kappa shape index (κ3) is 4.30. The zero-order chi connectivity index (χ0) is 13.9. The highest BCUT2D eigenvalue weighted by atomic mass is 79.9. The van der Waals surface area contributed by atoms with E-state index in [0.29, 0.717) is 6.54 Å². The lowest BCUT2D eigenvalue weighted by Crippen LogP contribution is -2.44. The van der Waals surface area contributed by atoms with Gasteiger partial charge in [-0.05, 0) is 56.2 Å². The normalized spacial score (nSPS) is 29.2. The molecule has 0 saturated heterocycles. The molecule has 1 unspecified atom stereocenters. The van der Waals surface area contributed by atoms with Crippen molar-refractivity contribution in [1.29, 1.82) is 0 Å². The van der Waals surface area contributed by atoms with Gasteiger partial charge in [-0.25, -0.2) is 0 Å². The Bertz CT molecular complexity index is 396. The summed E-state index contributed by atoms with van der Waals surface area (Å²) in [5, 5.41) is 14.0. The van der Waals surface area contributed by atoms with Crippen LogP contribution in [0.5, 0.6) is 0 Å². The van der Waals surface area contributed by atoms with E-state index in [-0.39, 0.29) is 6.04 Å². The molecule has 0 bridgehead atoms. The molecule has 0 radical (unpaired) electrons. The molecule has 1 saturated carbocycles. The number of hydrogen-bond donors (Lipinski definition) is 2. The van der Waals surface area contributed by atoms with Gasteiger partial charge in [0.25, 0.3) is 0 Å². The summed E-state index contributed by atoms with van der Waals surface area (Å²) in [6.45, 7) is 5.12. The van der Waals surface area contributed by atoms with Crippen molar-refractivity contribution < 1.29 is 5.11 Å². The molecule has 0 heterocycles. The van der Waals surface area contributed by atoms with E-state index in [1.165, 1.54) is 5.56 Å². The third-order valence-electron chi connectivity index (χ3n) is 4.31. The van der Waals surface area contributed by atoms with E-state index in [1.807, 2.05) is 0 Å². The molecule has 106 valence electrons. The molecule has 1 aliphatic rings. The van der Waals surface area contributed by atoms with Crippen molar-refractivity contribution in [3.63, 3.8) is 0 Å². The van der Waals surface area contributed by atoms with E-state index >= 15 is 0 Å². The van der Waals surface area contributed by atoms with Gasteiger partial charge in [0.1, 0.15) is 0 Å². The van der Waals surface area contributed by atoms with E-state index in [2.05, 4.69) is 59.4 Å². The molecule has 0 amide bonds. The fourth-order valence-electron chi connectivity index (χ4n) is 2.69. The summed E-state index contributed by atoms with van der Waals surface area (Å²) in [7, 11) is 0. The van der Waals surface area contributed by atoms with Crippen molar-refractivity contribution in [1.82, 2.24) is 5.32 Å². The highest BCUT2D eigenvalue weighted by molar-refractivity contribution is 9.10. The Hall–Kier alpha value is -0.380. The molecular formula is C16H24BrNO. The summed E-state index contributed by atoms with van der Waals surface area (Å²) in [5.74, 6) is 0.768. The Morgan fingerprint density at radius 2 is 1.89 bits per heavy atom. The van der Waals surface area contributed by atoms with Gasteiger partial charge in [-0.2, -0.15) is 0 Å². The molecule has 2 nitrogen and oxygen atoms in total. The average molecular weight is 326 g/mol. The number of benzene rings is 1. The van der Waals surface area contributed by atoms with Crippen LogP contribution in [0.3, 0.4) is 0 Å². The summed E-state index contributed by atoms with van der Waals surface area (Å²) >= 11 is 3.45. The van der Waals surface area contributed by atoms with Crippen LogP contribution in [0, 0.1) is 5.92 Å². The molecule has 1 fully saturated rings. The zero-order valence-corrected chi connectivity index (χ0v) is 13.4. The molecule has 0 aliphatic heterocycles. The number of nitrogens with one attached hydrogen (secondary N) is 1. The first-order chi connectivity index (χ1) is 8.98. The summed E-state index contributed by atoms with van der Waals surface area (Å²) < 4.78 is 1.10. The molecule has 19 heavy (non-hydrogen) atoms. The number of rotatable bonds is 4. The van der Waals surface area contributed by atoms with Crippen molar-refractivity contribution in [3.8, 4) is 0 Å². The second-order valence-corrected chi connectivity index (χ2v) is 6.98. The van der Waals surface area contributed by atoms with Crippen LogP contribution in [-0.4, -0.2) is 17.3 Å². The van der Waals surface area contributed by atoms with Crippen molar-refractivity contribution in [2.75, 3.05) is 6.54 Å². The lowest BCUT2D eigenvalue weighted by atomic mass is 9.79. The van der Waals surface area contributed by atoms with Gasteiger partial charge < -0.3 is 10.4 Å². The summed E-state index contributed by atoms with van der Waals surface area (Å²) in [4.78, 5) is 0. The highest BCUT2D eigenvalue weighted by Gasteiger charge is 2.31. The van der Waals surface area contributed by atoms with Crippen LogP contribution in [0.25, 0.3) is 0 Å². The highest BCUT2D eigenvalue weighted by Crippen LogP contribution is 2.31. The Morgan fingerprint density at radius 3 is 2.47 bits per heavy atom. The zero-order valence-electron chi connectivity index (χ0n) is 11.8. The van der Waals surface area contributed by atoms with Crippen molar-refractivity contribution in [2.24, 2.45) is 5.92 Å². The fourth-order valence-corrected chi connectivity index (χ4v) is 2.95. The first-order valence-electron chi connectivity index (χ1n) is 7.20. The Balaban J connectivity index is 1.86. The summed E-state index contributed by atoms with van der Waals surface area (Å²) in [6, 6.07) is 8.63. The third-order valence-corrected chi connectivity index (χ3v) is 4.84. The molecular weight excluding hydrogens is 302 g/mol. The molecule has 0 spiro atoms. The van der Waals surface area contributed by atoms with E-state index in [9.17, 15) is 5.11 Å². The van der Waals surface area contributed by atoms with Gasteiger partial charge >= 0.3 is 0 Å². The minimum absolute atomic E-state index is 0.275. The second kappa shape index (κ2) is 6.38. The largest absolute Gasteiger partial charge is 0.389 e. The molecule has 1 aliphatic carbocycles. The predicted octanol–water partition coefficient (Wildman–Crippen LogP) is 4.04. The number of hydrogen-bond acceptors (Lipinski definition) is 2. The fraction of sp³-hybridized carbons (Fsp3) is 0.625. The van der Waals surface area contributed by atoms with Crippen molar-refractivity contribution in [3.05, 3.63) is 34.3 Å². The van der Waals surface area contributed by atoms with E-state index in [4.69, 9.17) is 0 Å². The van der Waals surface area contributed by atoms with Gasteiger partial charge in [-0.15, -0.1) is 0 Å². The van der Waals surface area contributed by atoms with Gasteiger partial charge in [0.05, 0.1) is 5.60 Å². The number of aliphatic hydroxyl groups is 1. The second-order valence-electron chi connectivity index (χ2n) is 6.06. The van der Waals surface area contributed by atoms with Crippen LogP contribution in [0.15, 0.2) is 28.7 Å². The lowest BCUT2D eigenvalue weighted by Gasteiger charge is -2.36. The van der Waals surface area contributed by atoms with Gasteiger partial charge in [0.15, 0.2) is 0 Å². The monoisotopic (exact) mass is 325 g/mol. The quantitative estimate of drug-likeness (QED) is 0.875. The van der Waals surface area contributed by atoms with Crippen molar-refractivity contribution in [2.45, 2.75) is 51.2 Å². The minimum Gasteiger partial charge on any atom is -0.389 e. The van der Waals surface area contributed by atoms with Crippen LogP contribution >= 0.6 is 15.9 Å². The van der Waals surface area contributed by atoms with Crippen LogP contribution in [0.2, 0.25) is 0 Å². The van der Waals surface area contributed by atoms with E-state index < -0.39 is 5.60 Å². The minimum atomic E-state index is -0.504. The molecule has 3 heteroatoms. The predicted molar refractivity (Wildman–Crippen MR) is 83.1 cm³/mol. The first kappa shape index (κ1) is 15.0. The maximum atomic E-state index is 10.6. The lowest BCUT2D eigenvalue weighted by molar-refractivity contribution is -0.00783. The van der Waals surface area contributed by atoms with Crippen LogP contribution in [0.1, 0.15) is 51.1 Å². The average Bonchev–Trinajstić information content (AvgIpc) is 2.41. The molecule has 1 aromatic carbocycles. The molecule has 0 aromatic heterocycles. The molecule has 2 N–H and O–H groups in total. The van der Waals surface area contributed by atoms with E-state index in [0.717, 1.165) is 36.1 Å². The standard InChI is InChI=1S/C16H24BrNO/c1-12-7-9-16(19,10-8-12)11-18-13(2)14-3-5-15(17)6-4-14/h3-6,12-13,18-19H,7-11H2,1-2H3. The molecule has 1 atom stereocenters. The maximum Gasteiger partial charge on any atom is 0.0772 e. The topological polar surface area (TPSA) is 32.3 Å². The summed E-state index contributed by atoms with van der Waals surface area (Å²) in [5.41, 5.74) is 0.756. The van der Waals surface area contributed by atoms with Crippen LogP contribution in [-0.2, 0) is 0 Å². The van der Waals surface area contributed by atoms with Gasteiger partial charge in [-0.3, -0.25) is 0 Å². The Labute approximate surface area is 124 Å². The molecule has 1 aromatic rings. The number of halogens is 1. The maximum absolute atomic E-state index is 10.6. The smallest absolute Gasteiger partial charge is 0.0772 e. The van der Waals surface area contributed by atoms with Crippen LogP contribution < -0.4 is 5.32 Å². The SMILES string of the molecule is CC1CCC(O)(CNC(C)c2ccc(Br)cc2)CC1. The summed E-state index contributed by atoms with van der Waals surface area (Å²) in [6.07, 6.45) is 4.14. The first-order valence-corrected chi connectivity index (χ1v) is 7.99.